The van der Waals surface area contributed by atoms with Crippen LogP contribution in [0.15, 0.2) is 60.7 Å². The molecular formula is C19H19F2NO3. The van der Waals surface area contributed by atoms with Gasteiger partial charge < -0.3 is 10.4 Å². The molecule has 1 unspecified atom stereocenters. The van der Waals surface area contributed by atoms with E-state index >= 15 is 0 Å². The minimum Gasteiger partial charge on any atom is -0.481 e. The van der Waals surface area contributed by atoms with Gasteiger partial charge in [0.2, 0.25) is 0 Å². The third kappa shape index (κ3) is 5.38. The van der Waals surface area contributed by atoms with Crippen molar-refractivity contribution in [2.24, 2.45) is 0 Å². The lowest BCUT2D eigenvalue weighted by atomic mass is 10.0. The summed E-state index contributed by atoms with van der Waals surface area (Å²) in [6, 6.07) is 15.1. The van der Waals surface area contributed by atoms with Crippen LogP contribution in [0.25, 0.3) is 0 Å². The Kier molecular flexibility index (Phi) is 6.22. The summed E-state index contributed by atoms with van der Waals surface area (Å²) in [6.07, 6.45) is 0.139. The first kappa shape index (κ1) is 18.6. The van der Waals surface area contributed by atoms with Crippen LogP contribution in [-0.4, -0.2) is 23.0 Å². The molecule has 6 heteroatoms. The van der Waals surface area contributed by atoms with Gasteiger partial charge in [-0.3, -0.25) is 9.59 Å². The molecule has 1 amide bonds. The van der Waals surface area contributed by atoms with Crippen molar-refractivity contribution in [2.75, 3.05) is 0 Å². The number of halogens is 2. The Morgan fingerprint density at radius 2 is 1.56 bits per heavy atom. The zero-order chi connectivity index (χ0) is 18.3. The van der Waals surface area contributed by atoms with Gasteiger partial charge in [0.05, 0.1) is 0 Å². The molecule has 25 heavy (non-hydrogen) atoms. The van der Waals surface area contributed by atoms with Crippen LogP contribution in [0.2, 0.25) is 0 Å². The molecule has 0 bridgehead atoms. The highest BCUT2D eigenvalue weighted by Gasteiger charge is 2.41. The molecule has 0 aromatic heterocycles. The Balaban J connectivity index is 2.11. The number of carboxylic acid groups (broad SMARTS) is 1. The SMILES string of the molecule is O=C(O)CCC(Cc1ccccc1)NC(=O)C(F)(F)c1ccccc1. The number of aliphatic carboxylic acids is 1. The molecule has 0 fully saturated rings. The van der Waals surface area contributed by atoms with E-state index < -0.39 is 29.4 Å². The molecule has 0 aliphatic heterocycles. The molecule has 4 nitrogen and oxygen atoms in total. The van der Waals surface area contributed by atoms with Gasteiger partial charge in [0.15, 0.2) is 0 Å². The first-order chi connectivity index (χ1) is 11.9. The minimum absolute atomic E-state index is 0.0703. The van der Waals surface area contributed by atoms with Crippen molar-refractivity contribution < 1.29 is 23.5 Å². The smallest absolute Gasteiger partial charge is 0.349 e. The van der Waals surface area contributed by atoms with E-state index in [9.17, 15) is 18.4 Å². The number of alkyl halides is 2. The quantitative estimate of drug-likeness (QED) is 0.769. The van der Waals surface area contributed by atoms with Crippen LogP contribution in [0.1, 0.15) is 24.0 Å². The first-order valence-electron chi connectivity index (χ1n) is 7.89. The van der Waals surface area contributed by atoms with E-state index in [1.54, 1.807) is 30.3 Å². The van der Waals surface area contributed by atoms with Gasteiger partial charge in [0.1, 0.15) is 0 Å². The van der Waals surface area contributed by atoms with E-state index in [2.05, 4.69) is 5.32 Å². The maximum absolute atomic E-state index is 14.3. The van der Waals surface area contributed by atoms with Crippen LogP contribution in [0.4, 0.5) is 8.78 Å². The number of rotatable bonds is 8. The first-order valence-corrected chi connectivity index (χ1v) is 7.89. The highest BCUT2D eigenvalue weighted by atomic mass is 19.3. The summed E-state index contributed by atoms with van der Waals surface area (Å²) in [7, 11) is 0. The molecule has 0 spiro atoms. The maximum Gasteiger partial charge on any atom is 0.349 e. The zero-order valence-electron chi connectivity index (χ0n) is 13.5. The summed E-state index contributed by atoms with van der Waals surface area (Å²) >= 11 is 0. The van der Waals surface area contributed by atoms with Crippen LogP contribution in [0.3, 0.4) is 0 Å². The number of hydrogen-bond donors (Lipinski definition) is 2. The number of benzene rings is 2. The van der Waals surface area contributed by atoms with Crippen molar-refractivity contribution in [1.82, 2.24) is 5.32 Å². The van der Waals surface area contributed by atoms with Crippen molar-refractivity contribution in [1.29, 1.82) is 0 Å². The van der Waals surface area contributed by atoms with Crippen molar-refractivity contribution in [3.05, 3.63) is 71.8 Å². The topological polar surface area (TPSA) is 66.4 Å². The van der Waals surface area contributed by atoms with Crippen molar-refractivity contribution in [2.45, 2.75) is 31.2 Å². The van der Waals surface area contributed by atoms with Gasteiger partial charge >= 0.3 is 11.9 Å². The summed E-state index contributed by atoms with van der Waals surface area (Å²) in [5, 5.41) is 11.1. The Morgan fingerprint density at radius 3 is 2.12 bits per heavy atom. The van der Waals surface area contributed by atoms with Crippen LogP contribution >= 0.6 is 0 Å². The standard InChI is InChI=1S/C19H19F2NO3/c20-19(21,15-9-5-2-6-10-15)18(25)22-16(11-12-17(23)24)13-14-7-3-1-4-8-14/h1-10,16H,11-13H2,(H,22,25)(H,23,24). The molecule has 0 radical (unpaired) electrons. The summed E-state index contributed by atoms with van der Waals surface area (Å²) in [5.74, 6) is -6.15. The average Bonchev–Trinajstić information content (AvgIpc) is 2.61. The fourth-order valence-electron chi connectivity index (χ4n) is 2.48. The number of hydrogen-bond acceptors (Lipinski definition) is 2. The molecule has 0 aliphatic rings. The van der Waals surface area contributed by atoms with E-state index in [-0.39, 0.29) is 19.3 Å². The average molecular weight is 347 g/mol. The van der Waals surface area contributed by atoms with Gasteiger partial charge in [-0.1, -0.05) is 60.7 Å². The molecule has 0 saturated carbocycles. The lowest BCUT2D eigenvalue weighted by Gasteiger charge is -2.22. The second-order valence-corrected chi connectivity index (χ2v) is 5.73. The summed E-state index contributed by atoms with van der Waals surface area (Å²) in [5.41, 5.74) is 0.436. The third-order valence-electron chi connectivity index (χ3n) is 3.79. The molecule has 0 aliphatic carbocycles. The largest absolute Gasteiger partial charge is 0.481 e. The summed E-state index contributed by atoms with van der Waals surface area (Å²) in [4.78, 5) is 22.9. The molecule has 0 heterocycles. The number of nitrogens with one attached hydrogen (secondary N) is 1. The predicted molar refractivity (Wildman–Crippen MR) is 89.3 cm³/mol. The van der Waals surface area contributed by atoms with Crippen LogP contribution < -0.4 is 5.32 Å². The maximum atomic E-state index is 14.3. The molecule has 1 atom stereocenters. The Labute approximate surface area is 144 Å². The fraction of sp³-hybridized carbons (Fsp3) is 0.263. The molecule has 2 rings (SSSR count). The normalized spacial score (nSPS) is 12.4. The third-order valence-corrected chi connectivity index (χ3v) is 3.79. The van der Waals surface area contributed by atoms with Crippen LogP contribution in [0.5, 0.6) is 0 Å². The summed E-state index contributed by atoms with van der Waals surface area (Å²) < 4.78 is 28.6. The number of amides is 1. The molecular weight excluding hydrogens is 328 g/mol. The van der Waals surface area contributed by atoms with Crippen molar-refractivity contribution in [3.63, 3.8) is 0 Å². The van der Waals surface area contributed by atoms with Gasteiger partial charge in [0, 0.05) is 18.0 Å². The molecule has 2 aromatic carbocycles. The van der Waals surface area contributed by atoms with E-state index in [0.717, 1.165) is 5.56 Å². The van der Waals surface area contributed by atoms with Gasteiger partial charge in [-0.15, -0.1) is 0 Å². The lowest BCUT2D eigenvalue weighted by molar-refractivity contribution is -0.148. The number of carbonyl (C=O) groups is 2. The van der Waals surface area contributed by atoms with Gasteiger partial charge in [-0.05, 0) is 18.4 Å². The molecule has 2 aromatic rings. The van der Waals surface area contributed by atoms with Gasteiger partial charge in [-0.2, -0.15) is 8.78 Å². The highest BCUT2D eigenvalue weighted by molar-refractivity contribution is 5.85. The van der Waals surface area contributed by atoms with E-state index in [1.165, 1.54) is 24.3 Å². The van der Waals surface area contributed by atoms with E-state index in [4.69, 9.17) is 5.11 Å². The van der Waals surface area contributed by atoms with Gasteiger partial charge in [0.25, 0.3) is 5.91 Å². The second-order valence-electron chi connectivity index (χ2n) is 5.73. The molecule has 0 saturated heterocycles. The van der Waals surface area contributed by atoms with Crippen LogP contribution in [-0.2, 0) is 21.9 Å². The monoisotopic (exact) mass is 347 g/mol. The van der Waals surface area contributed by atoms with Crippen molar-refractivity contribution >= 4 is 11.9 Å². The van der Waals surface area contributed by atoms with E-state index in [0.29, 0.717) is 0 Å². The predicted octanol–water partition coefficient (Wildman–Crippen LogP) is 3.37. The Bertz CT molecular complexity index is 705. The van der Waals surface area contributed by atoms with Crippen LogP contribution in [0, 0.1) is 0 Å². The highest BCUT2D eigenvalue weighted by Crippen LogP contribution is 2.28. The van der Waals surface area contributed by atoms with Crippen molar-refractivity contribution in [3.8, 4) is 0 Å². The van der Waals surface area contributed by atoms with Gasteiger partial charge in [-0.25, -0.2) is 0 Å². The Morgan fingerprint density at radius 1 is 1.00 bits per heavy atom. The Hall–Kier alpha value is -2.76. The second kappa shape index (κ2) is 8.37. The minimum atomic E-state index is -3.68. The fourth-order valence-corrected chi connectivity index (χ4v) is 2.48. The number of carboxylic acids is 1. The lowest BCUT2D eigenvalue weighted by Crippen LogP contribution is -2.45. The molecule has 132 valence electrons. The molecule has 2 N–H and O–H groups in total. The summed E-state index contributed by atoms with van der Waals surface area (Å²) in [6.45, 7) is 0. The number of carbonyl (C=O) groups excluding carboxylic acids is 1. The van der Waals surface area contributed by atoms with E-state index in [1.807, 2.05) is 6.07 Å². The zero-order valence-corrected chi connectivity index (χ0v) is 13.5.